The lowest BCUT2D eigenvalue weighted by atomic mass is 10.2. The van der Waals surface area contributed by atoms with Crippen LogP contribution in [-0.2, 0) is 9.59 Å². The molecule has 0 saturated carbocycles. The predicted molar refractivity (Wildman–Crippen MR) is 78.2 cm³/mol. The van der Waals surface area contributed by atoms with Gasteiger partial charge in [-0.1, -0.05) is 13.3 Å². The molecule has 0 aliphatic heterocycles. The van der Waals surface area contributed by atoms with Crippen molar-refractivity contribution in [2.45, 2.75) is 30.7 Å². The molecule has 1 atom stereocenters. The number of thioether (sulfide) groups is 1. The van der Waals surface area contributed by atoms with Crippen molar-refractivity contribution < 1.29 is 19.4 Å². The molecule has 5 nitrogen and oxygen atoms in total. The van der Waals surface area contributed by atoms with Crippen molar-refractivity contribution in [1.29, 1.82) is 0 Å². The van der Waals surface area contributed by atoms with Crippen LogP contribution < -0.4 is 10.1 Å². The molecule has 1 aromatic carbocycles. The van der Waals surface area contributed by atoms with Crippen LogP contribution in [0.4, 0.5) is 0 Å². The number of carbonyl (C=O) groups is 2. The number of nitrogens with one attached hydrogen (secondary N) is 1. The second kappa shape index (κ2) is 8.47. The molecule has 1 aromatic rings. The number of aliphatic carboxylic acids is 1. The molecule has 2 N–H and O–H groups in total. The van der Waals surface area contributed by atoms with Crippen molar-refractivity contribution in [1.82, 2.24) is 5.32 Å². The summed E-state index contributed by atoms with van der Waals surface area (Å²) in [5.74, 6) is -0.311. The number of carboxylic acids is 1. The van der Waals surface area contributed by atoms with Gasteiger partial charge in [-0.25, -0.2) is 4.79 Å². The summed E-state index contributed by atoms with van der Waals surface area (Å²) in [4.78, 5) is 23.6. The van der Waals surface area contributed by atoms with Crippen LogP contribution in [0.15, 0.2) is 29.2 Å². The first-order valence-electron chi connectivity index (χ1n) is 6.35. The third-order valence-electron chi connectivity index (χ3n) is 2.64. The van der Waals surface area contributed by atoms with Gasteiger partial charge >= 0.3 is 5.97 Å². The maximum absolute atomic E-state index is 11.7. The largest absolute Gasteiger partial charge is 0.497 e. The minimum atomic E-state index is -0.991. The van der Waals surface area contributed by atoms with Gasteiger partial charge < -0.3 is 15.2 Å². The minimum Gasteiger partial charge on any atom is -0.497 e. The van der Waals surface area contributed by atoms with Gasteiger partial charge in [-0.05, 0) is 30.7 Å². The summed E-state index contributed by atoms with van der Waals surface area (Å²) in [5.41, 5.74) is 0. The second-order valence-corrected chi connectivity index (χ2v) is 5.26. The van der Waals surface area contributed by atoms with Gasteiger partial charge in [-0.15, -0.1) is 11.8 Å². The van der Waals surface area contributed by atoms with Crippen molar-refractivity contribution >= 4 is 23.6 Å². The Bertz CT molecular complexity index is 447. The molecule has 1 unspecified atom stereocenters. The van der Waals surface area contributed by atoms with E-state index in [1.165, 1.54) is 11.8 Å². The highest BCUT2D eigenvalue weighted by molar-refractivity contribution is 8.00. The summed E-state index contributed by atoms with van der Waals surface area (Å²) in [7, 11) is 1.59. The van der Waals surface area contributed by atoms with Crippen LogP contribution >= 0.6 is 11.8 Å². The standard InChI is InChI=1S/C14H19NO4S/c1-3-4-12(14(17)18)15-13(16)9-20-11-7-5-10(19-2)6-8-11/h5-8,12H,3-4,9H2,1-2H3,(H,15,16)(H,17,18). The van der Waals surface area contributed by atoms with E-state index >= 15 is 0 Å². The molecule has 0 aliphatic carbocycles. The molecule has 110 valence electrons. The molecule has 1 rings (SSSR count). The number of benzene rings is 1. The van der Waals surface area contributed by atoms with Gasteiger partial charge in [0.15, 0.2) is 0 Å². The molecule has 6 heteroatoms. The summed E-state index contributed by atoms with van der Waals surface area (Å²) >= 11 is 1.36. The molecule has 0 fully saturated rings. The zero-order valence-corrected chi connectivity index (χ0v) is 12.4. The maximum Gasteiger partial charge on any atom is 0.326 e. The molecule has 0 saturated heterocycles. The highest BCUT2D eigenvalue weighted by Crippen LogP contribution is 2.20. The van der Waals surface area contributed by atoms with E-state index in [2.05, 4.69) is 5.32 Å². The van der Waals surface area contributed by atoms with E-state index in [0.717, 1.165) is 10.6 Å². The first kappa shape index (κ1) is 16.4. The van der Waals surface area contributed by atoms with Crippen LogP contribution in [0.3, 0.4) is 0 Å². The lowest BCUT2D eigenvalue weighted by molar-refractivity contribution is -0.141. The van der Waals surface area contributed by atoms with E-state index in [0.29, 0.717) is 12.8 Å². The van der Waals surface area contributed by atoms with Gasteiger partial charge in [-0.2, -0.15) is 0 Å². The third-order valence-corrected chi connectivity index (χ3v) is 3.65. The number of amides is 1. The zero-order valence-electron chi connectivity index (χ0n) is 11.6. The van der Waals surface area contributed by atoms with Crippen LogP contribution in [0.2, 0.25) is 0 Å². The average Bonchev–Trinajstić information content (AvgIpc) is 2.45. The minimum absolute atomic E-state index is 0.194. The van der Waals surface area contributed by atoms with Gasteiger partial charge in [0.05, 0.1) is 12.9 Å². The number of hydrogen-bond donors (Lipinski definition) is 2. The summed E-state index contributed by atoms with van der Waals surface area (Å²) in [6.45, 7) is 1.88. The van der Waals surface area contributed by atoms with Crippen molar-refractivity contribution in [2.24, 2.45) is 0 Å². The molecule has 0 aliphatic rings. The van der Waals surface area contributed by atoms with E-state index in [1.807, 2.05) is 31.2 Å². The van der Waals surface area contributed by atoms with Crippen LogP contribution in [0.1, 0.15) is 19.8 Å². The first-order valence-corrected chi connectivity index (χ1v) is 7.34. The third kappa shape index (κ3) is 5.52. The Labute approximate surface area is 122 Å². The molecular formula is C14H19NO4S. The highest BCUT2D eigenvalue weighted by atomic mass is 32.2. The molecule has 0 radical (unpaired) electrons. The smallest absolute Gasteiger partial charge is 0.326 e. The maximum atomic E-state index is 11.7. The normalized spacial score (nSPS) is 11.7. The monoisotopic (exact) mass is 297 g/mol. The number of carbonyl (C=O) groups excluding carboxylic acids is 1. The van der Waals surface area contributed by atoms with E-state index in [4.69, 9.17) is 9.84 Å². The molecular weight excluding hydrogens is 278 g/mol. The Morgan fingerprint density at radius 3 is 2.50 bits per heavy atom. The van der Waals surface area contributed by atoms with Gasteiger partial charge in [0.2, 0.25) is 5.91 Å². The fraction of sp³-hybridized carbons (Fsp3) is 0.429. The van der Waals surface area contributed by atoms with E-state index < -0.39 is 12.0 Å². The van der Waals surface area contributed by atoms with Crippen molar-refractivity contribution in [3.05, 3.63) is 24.3 Å². The number of methoxy groups -OCH3 is 1. The summed E-state index contributed by atoms with van der Waals surface area (Å²) in [6, 6.07) is 6.55. The van der Waals surface area contributed by atoms with Gasteiger partial charge in [0.1, 0.15) is 11.8 Å². The summed E-state index contributed by atoms with van der Waals surface area (Å²) in [6.07, 6.45) is 1.15. The van der Waals surface area contributed by atoms with Crippen LogP contribution in [0, 0.1) is 0 Å². The van der Waals surface area contributed by atoms with Crippen LogP contribution in [0.25, 0.3) is 0 Å². The second-order valence-electron chi connectivity index (χ2n) is 4.21. The van der Waals surface area contributed by atoms with Gasteiger partial charge in [-0.3, -0.25) is 4.79 Å². The van der Waals surface area contributed by atoms with Crippen molar-refractivity contribution in [3.63, 3.8) is 0 Å². The van der Waals surface area contributed by atoms with E-state index in [-0.39, 0.29) is 11.7 Å². The van der Waals surface area contributed by atoms with Crippen LogP contribution in [0.5, 0.6) is 5.75 Å². The fourth-order valence-corrected chi connectivity index (χ4v) is 2.31. The lowest BCUT2D eigenvalue weighted by Gasteiger charge is -2.13. The molecule has 1 amide bonds. The Morgan fingerprint density at radius 2 is 2.00 bits per heavy atom. The topological polar surface area (TPSA) is 75.6 Å². The van der Waals surface area contributed by atoms with Gasteiger partial charge in [0, 0.05) is 4.90 Å². The van der Waals surface area contributed by atoms with Gasteiger partial charge in [0.25, 0.3) is 0 Å². The van der Waals surface area contributed by atoms with E-state index in [1.54, 1.807) is 7.11 Å². The van der Waals surface area contributed by atoms with Crippen LogP contribution in [-0.4, -0.2) is 35.9 Å². The number of hydrogen-bond acceptors (Lipinski definition) is 4. The number of ether oxygens (including phenoxy) is 1. The van der Waals surface area contributed by atoms with Crippen molar-refractivity contribution in [3.8, 4) is 5.75 Å². The SMILES string of the molecule is CCCC(NC(=O)CSc1ccc(OC)cc1)C(=O)O. The molecule has 20 heavy (non-hydrogen) atoms. The Kier molecular flexibility index (Phi) is 6.93. The average molecular weight is 297 g/mol. The summed E-state index contributed by atoms with van der Waals surface area (Å²) in [5, 5.41) is 11.5. The van der Waals surface area contributed by atoms with E-state index in [9.17, 15) is 9.59 Å². The number of carboxylic acid groups (broad SMARTS) is 1. The summed E-state index contributed by atoms with van der Waals surface area (Å²) < 4.78 is 5.05. The predicted octanol–water partition coefficient (Wildman–Crippen LogP) is 2.16. The Morgan fingerprint density at radius 1 is 1.35 bits per heavy atom. The van der Waals surface area contributed by atoms with Crippen molar-refractivity contribution in [2.75, 3.05) is 12.9 Å². The Hall–Kier alpha value is -1.69. The lowest BCUT2D eigenvalue weighted by Crippen LogP contribution is -2.41. The number of rotatable bonds is 8. The molecule has 0 aromatic heterocycles. The highest BCUT2D eigenvalue weighted by Gasteiger charge is 2.18. The Balaban J connectivity index is 2.43. The fourth-order valence-electron chi connectivity index (χ4n) is 1.60. The zero-order chi connectivity index (χ0) is 15.0. The quantitative estimate of drug-likeness (QED) is 0.719. The molecule has 0 heterocycles. The molecule has 0 spiro atoms. The molecule has 0 bridgehead atoms. The first-order chi connectivity index (χ1) is 9.56.